The lowest BCUT2D eigenvalue weighted by molar-refractivity contribution is 0.0215. The molecule has 5 rings (SSSR count). The maximum atomic E-state index is 9.78. The number of hydrogen-bond donors (Lipinski definition) is 1. The van der Waals surface area contributed by atoms with Gasteiger partial charge in [0.1, 0.15) is 17.4 Å². The number of ether oxygens (including phenoxy) is 3. The molecule has 8 nitrogen and oxygen atoms in total. The Bertz CT molecular complexity index is 1200. The quantitative estimate of drug-likeness (QED) is 0.529. The van der Waals surface area contributed by atoms with E-state index >= 15 is 0 Å². The summed E-state index contributed by atoms with van der Waals surface area (Å²) in [6.45, 7) is 8.19. The Morgan fingerprint density at radius 1 is 1.06 bits per heavy atom. The normalized spacial score (nSPS) is 22.7. The van der Waals surface area contributed by atoms with Gasteiger partial charge in [0.15, 0.2) is 5.65 Å². The van der Waals surface area contributed by atoms with E-state index in [0.29, 0.717) is 36.4 Å². The van der Waals surface area contributed by atoms with Crippen LogP contribution >= 0.6 is 0 Å². The highest BCUT2D eigenvalue weighted by atomic mass is 16.5. The van der Waals surface area contributed by atoms with Crippen LogP contribution in [0.2, 0.25) is 0 Å². The predicted octanol–water partition coefficient (Wildman–Crippen LogP) is 4.02. The molecule has 0 spiro atoms. The van der Waals surface area contributed by atoms with Crippen LogP contribution in [0.1, 0.15) is 38.1 Å². The molecule has 2 saturated heterocycles. The molecule has 0 amide bonds. The molecule has 2 aromatic heterocycles. The standard InChI is InChI=1S/C28H36N4O4/c1-18-16-35-12-10-20(18)5-9-26-30-27-23(28(31-26)32-11-13-36-17-19(32)2)6-7-24(29-27)21-4-8-25(34-3)22(14-21)15-33/h4,6-8,14,18-20,33H,5,9-13,15-17H2,1-3H3/t18?,19-,20?/m0/s1. The summed E-state index contributed by atoms with van der Waals surface area (Å²) >= 11 is 0. The first-order valence-corrected chi connectivity index (χ1v) is 12.9. The molecule has 2 aliphatic rings. The molecule has 1 N–H and O–H groups in total. The van der Waals surface area contributed by atoms with Crippen molar-refractivity contribution in [1.29, 1.82) is 0 Å². The van der Waals surface area contributed by atoms with Gasteiger partial charge >= 0.3 is 0 Å². The molecule has 0 bridgehead atoms. The molecule has 2 fully saturated rings. The van der Waals surface area contributed by atoms with Crippen molar-refractivity contribution in [1.82, 2.24) is 15.0 Å². The topological polar surface area (TPSA) is 89.8 Å². The lowest BCUT2D eigenvalue weighted by atomic mass is 9.86. The maximum Gasteiger partial charge on any atom is 0.165 e. The van der Waals surface area contributed by atoms with Gasteiger partial charge in [-0.15, -0.1) is 0 Å². The van der Waals surface area contributed by atoms with Crippen LogP contribution in [0.3, 0.4) is 0 Å². The molecule has 8 heteroatoms. The summed E-state index contributed by atoms with van der Waals surface area (Å²) in [6, 6.07) is 10.1. The molecule has 0 radical (unpaired) electrons. The first kappa shape index (κ1) is 24.9. The average Bonchev–Trinajstić information content (AvgIpc) is 2.91. The Hall–Kier alpha value is -2.81. The van der Waals surface area contributed by atoms with Crippen molar-refractivity contribution in [2.45, 2.75) is 45.8 Å². The van der Waals surface area contributed by atoms with Crippen LogP contribution in [0.5, 0.6) is 5.75 Å². The number of fused-ring (bicyclic) bond motifs is 1. The molecule has 3 atom stereocenters. The van der Waals surface area contributed by atoms with Crippen molar-refractivity contribution >= 4 is 16.9 Å². The van der Waals surface area contributed by atoms with Crippen molar-refractivity contribution in [2.24, 2.45) is 11.8 Å². The Balaban J connectivity index is 1.53. The Morgan fingerprint density at radius 3 is 2.69 bits per heavy atom. The first-order valence-electron chi connectivity index (χ1n) is 12.9. The minimum atomic E-state index is -0.0966. The van der Waals surface area contributed by atoms with Gasteiger partial charge in [-0.25, -0.2) is 15.0 Å². The number of rotatable bonds is 7. The van der Waals surface area contributed by atoms with Crippen molar-refractivity contribution in [3.63, 3.8) is 0 Å². The summed E-state index contributed by atoms with van der Waals surface area (Å²) in [7, 11) is 1.61. The van der Waals surface area contributed by atoms with Gasteiger partial charge in [-0.1, -0.05) is 6.92 Å². The second kappa shape index (κ2) is 11.1. The van der Waals surface area contributed by atoms with Crippen LogP contribution in [0, 0.1) is 11.8 Å². The third-order valence-electron chi connectivity index (χ3n) is 7.53. The smallest absolute Gasteiger partial charge is 0.165 e. The number of anilines is 1. The molecular weight excluding hydrogens is 456 g/mol. The number of aliphatic hydroxyl groups excluding tert-OH is 1. The van der Waals surface area contributed by atoms with Gasteiger partial charge in [-0.3, -0.25) is 0 Å². The van der Waals surface area contributed by atoms with Gasteiger partial charge in [-0.2, -0.15) is 0 Å². The summed E-state index contributed by atoms with van der Waals surface area (Å²) in [6.07, 6.45) is 2.96. The van der Waals surface area contributed by atoms with E-state index in [1.165, 1.54) is 0 Å². The number of nitrogens with zero attached hydrogens (tertiary/aromatic N) is 4. The lowest BCUT2D eigenvalue weighted by Gasteiger charge is -2.35. The molecule has 36 heavy (non-hydrogen) atoms. The van der Waals surface area contributed by atoms with Crippen molar-refractivity contribution < 1.29 is 19.3 Å². The zero-order valence-electron chi connectivity index (χ0n) is 21.4. The Kier molecular flexibility index (Phi) is 7.65. The summed E-state index contributed by atoms with van der Waals surface area (Å²) in [5.41, 5.74) is 3.16. The fourth-order valence-corrected chi connectivity index (χ4v) is 5.30. The second-order valence-electron chi connectivity index (χ2n) is 9.97. The molecular formula is C28H36N4O4. The molecule has 192 valence electrons. The monoisotopic (exact) mass is 492 g/mol. The minimum Gasteiger partial charge on any atom is -0.496 e. The predicted molar refractivity (Wildman–Crippen MR) is 139 cm³/mol. The minimum absolute atomic E-state index is 0.0966. The molecule has 1 aromatic carbocycles. The molecule has 0 saturated carbocycles. The van der Waals surface area contributed by atoms with Crippen LogP contribution < -0.4 is 9.64 Å². The lowest BCUT2D eigenvalue weighted by Crippen LogP contribution is -2.44. The highest BCUT2D eigenvalue weighted by molar-refractivity contribution is 5.89. The van der Waals surface area contributed by atoms with E-state index in [1.807, 2.05) is 24.3 Å². The zero-order valence-corrected chi connectivity index (χ0v) is 21.4. The van der Waals surface area contributed by atoms with Crippen molar-refractivity contribution in [3.05, 3.63) is 41.7 Å². The molecule has 4 heterocycles. The molecule has 0 aliphatic carbocycles. The van der Waals surface area contributed by atoms with Crippen LogP contribution in [0.4, 0.5) is 5.82 Å². The van der Waals surface area contributed by atoms with Crippen LogP contribution in [-0.2, 0) is 22.5 Å². The highest BCUT2D eigenvalue weighted by Crippen LogP contribution is 2.32. The number of morpholine rings is 1. The number of methoxy groups -OCH3 is 1. The summed E-state index contributed by atoms with van der Waals surface area (Å²) < 4.78 is 16.7. The summed E-state index contributed by atoms with van der Waals surface area (Å²) in [5, 5.41) is 10.7. The van der Waals surface area contributed by atoms with Gasteiger partial charge in [0, 0.05) is 37.3 Å². The van der Waals surface area contributed by atoms with Crippen molar-refractivity contribution in [3.8, 4) is 17.0 Å². The Labute approximate surface area is 212 Å². The van der Waals surface area contributed by atoms with Gasteiger partial charge in [0.25, 0.3) is 0 Å². The van der Waals surface area contributed by atoms with Gasteiger partial charge < -0.3 is 24.2 Å². The molecule has 3 aromatic rings. The van der Waals surface area contributed by atoms with Crippen LogP contribution in [-0.4, -0.2) is 66.2 Å². The van der Waals surface area contributed by atoms with E-state index in [2.05, 4.69) is 24.8 Å². The highest BCUT2D eigenvalue weighted by Gasteiger charge is 2.25. The van der Waals surface area contributed by atoms with E-state index in [0.717, 1.165) is 72.9 Å². The average molecular weight is 493 g/mol. The van der Waals surface area contributed by atoms with E-state index in [-0.39, 0.29) is 12.6 Å². The van der Waals surface area contributed by atoms with E-state index in [9.17, 15) is 5.11 Å². The largest absolute Gasteiger partial charge is 0.496 e. The first-order chi connectivity index (χ1) is 17.6. The maximum absolute atomic E-state index is 9.78. The van der Waals surface area contributed by atoms with Gasteiger partial charge in [0.05, 0.1) is 44.1 Å². The summed E-state index contributed by atoms with van der Waals surface area (Å²) in [5.74, 6) is 3.62. The second-order valence-corrected chi connectivity index (χ2v) is 9.97. The third-order valence-corrected chi connectivity index (χ3v) is 7.53. The Morgan fingerprint density at radius 2 is 1.92 bits per heavy atom. The zero-order chi connectivity index (χ0) is 25.1. The van der Waals surface area contributed by atoms with E-state index in [1.54, 1.807) is 7.11 Å². The van der Waals surface area contributed by atoms with E-state index in [4.69, 9.17) is 29.2 Å². The number of aromatic nitrogens is 3. The van der Waals surface area contributed by atoms with E-state index < -0.39 is 0 Å². The number of pyridine rings is 1. The van der Waals surface area contributed by atoms with Crippen molar-refractivity contribution in [2.75, 3.05) is 45.0 Å². The summed E-state index contributed by atoms with van der Waals surface area (Å²) in [4.78, 5) is 17.3. The molecule has 2 aliphatic heterocycles. The van der Waals surface area contributed by atoms with Crippen LogP contribution in [0.25, 0.3) is 22.3 Å². The SMILES string of the molecule is COc1ccc(-c2ccc3c(N4CCOC[C@@H]4C)nc(CCC4CCOCC4C)nc3n2)cc1CO. The van der Waals surface area contributed by atoms with Gasteiger partial charge in [-0.05, 0) is 61.9 Å². The molecule has 2 unspecified atom stereocenters. The number of hydrogen-bond acceptors (Lipinski definition) is 8. The number of benzene rings is 1. The van der Waals surface area contributed by atoms with Gasteiger partial charge in [0.2, 0.25) is 0 Å². The number of aliphatic hydroxyl groups is 1. The number of aryl methyl sites for hydroxylation is 1. The fraction of sp³-hybridized carbons (Fsp3) is 0.536. The third kappa shape index (κ3) is 5.16. The fourth-order valence-electron chi connectivity index (χ4n) is 5.30. The van der Waals surface area contributed by atoms with Crippen LogP contribution in [0.15, 0.2) is 30.3 Å².